The lowest BCUT2D eigenvalue weighted by molar-refractivity contribution is 0.173. The smallest absolute Gasteiger partial charge is 0.243 e. The Balaban J connectivity index is 3.18. The Morgan fingerprint density at radius 1 is 1.43 bits per heavy atom. The van der Waals surface area contributed by atoms with E-state index in [4.69, 9.17) is 4.74 Å². The third kappa shape index (κ3) is 5.00. The number of methoxy groups -OCH3 is 1. The van der Waals surface area contributed by atoms with Crippen LogP contribution in [-0.2, 0) is 21.3 Å². The molecule has 1 aromatic rings. The molecule has 0 aliphatic carbocycles. The molecule has 120 valence electrons. The largest absolute Gasteiger partial charge is 0.383 e. The van der Waals surface area contributed by atoms with Crippen LogP contribution in [0.3, 0.4) is 0 Å². The highest BCUT2D eigenvalue weighted by Crippen LogP contribution is 2.24. The molecule has 1 unspecified atom stereocenters. The van der Waals surface area contributed by atoms with Crippen molar-refractivity contribution < 1.29 is 17.5 Å². The van der Waals surface area contributed by atoms with Crippen LogP contribution >= 0.6 is 15.9 Å². The summed E-state index contributed by atoms with van der Waals surface area (Å²) >= 11 is 3.21. The maximum atomic E-state index is 14.4. The summed E-state index contributed by atoms with van der Waals surface area (Å²) in [5.41, 5.74) is 0.284. The highest BCUT2D eigenvalue weighted by atomic mass is 79.9. The normalized spacial score (nSPS) is 13.4. The van der Waals surface area contributed by atoms with Crippen LogP contribution in [0.2, 0.25) is 0 Å². The van der Waals surface area contributed by atoms with E-state index < -0.39 is 21.9 Å². The summed E-state index contributed by atoms with van der Waals surface area (Å²) in [5.74, 6) is -0.743. The minimum atomic E-state index is -3.95. The second-order valence-electron chi connectivity index (χ2n) is 4.59. The molecule has 0 aliphatic rings. The summed E-state index contributed by atoms with van der Waals surface area (Å²) in [7, 11) is -0.798. The van der Waals surface area contributed by atoms with Gasteiger partial charge in [0, 0.05) is 29.7 Å². The maximum absolute atomic E-state index is 14.4. The number of hydrogen-bond acceptors (Lipinski definition) is 4. The van der Waals surface area contributed by atoms with Gasteiger partial charge in [-0.15, -0.1) is 0 Å². The molecule has 1 rings (SSSR count). The first kappa shape index (κ1) is 18.5. The van der Waals surface area contributed by atoms with Gasteiger partial charge in [-0.1, -0.05) is 22.9 Å². The van der Waals surface area contributed by atoms with Crippen LogP contribution in [-0.4, -0.2) is 35.2 Å². The molecule has 0 saturated carbocycles. The molecule has 0 aliphatic heterocycles. The van der Waals surface area contributed by atoms with Crippen molar-refractivity contribution in [2.75, 3.05) is 20.8 Å². The van der Waals surface area contributed by atoms with E-state index in [9.17, 15) is 12.8 Å². The van der Waals surface area contributed by atoms with Crippen LogP contribution in [0.4, 0.5) is 4.39 Å². The number of hydrogen-bond donors (Lipinski definition) is 2. The van der Waals surface area contributed by atoms with E-state index in [0.29, 0.717) is 10.9 Å². The summed E-state index contributed by atoms with van der Waals surface area (Å²) in [5, 5.41) is 2.81. The summed E-state index contributed by atoms with van der Waals surface area (Å²) in [6, 6.07) is 2.42. The summed E-state index contributed by atoms with van der Waals surface area (Å²) < 4.78 is 47.0. The van der Waals surface area contributed by atoms with Gasteiger partial charge >= 0.3 is 0 Å². The van der Waals surface area contributed by atoms with Crippen LogP contribution in [0.5, 0.6) is 0 Å². The van der Waals surface area contributed by atoms with Gasteiger partial charge < -0.3 is 10.1 Å². The molecular weight excluding hydrogens is 363 g/mol. The summed E-state index contributed by atoms with van der Waals surface area (Å²) in [6.45, 7) is 2.30. The summed E-state index contributed by atoms with van der Waals surface area (Å²) in [6.07, 6.45) is 0.548. The van der Waals surface area contributed by atoms with Crippen LogP contribution in [0.25, 0.3) is 0 Å². The van der Waals surface area contributed by atoms with Crippen molar-refractivity contribution in [1.82, 2.24) is 10.0 Å². The van der Waals surface area contributed by atoms with E-state index in [-0.39, 0.29) is 23.6 Å². The van der Waals surface area contributed by atoms with E-state index in [2.05, 4.69) is 26.0 Å². The molecule has 0 amide bonds. The Kier molecular flexibility index (Phi) is 7.22. The Bertz CT molecular complexity index is 581. The molecule has 5 nitrogen and oxygen atoms in total. The number of benzene rings is 1. The Labute approximate surface area is 133 Å². The molecular formula is C13H20BrFN2O3S. The van der Waals surface area contributed by atoms with Crippen molar-refractivity contribution in [3.63, 3.8) is 0 Å². The lowest BCUT2D eigenvalue weighted by atomic mass is 10.2. The minimum absolute atomic E-state index is 0.231. The molecule has 0 bridgehead atoms. The standard InChI is InChI=1S/C13H20BrFN2O3S/c1-4-11(8-20-3)17-21(18,19)12-6-10(14)5-9(7-16-2)13(12)15/h5-6,11,16-17H,4,7-8H2,1-3H3. The molecule has 1 aromatic carbocycles. The molecule has 2 N–H and O–H groups in total. The first-order valence-electron chi connectivity index (χ1n) is 6.49. The van der Waals surface area contributed by atoms with Gasteiger partial charge in [0.15, 0.2) is 0 Å². The zero-order valence-electron chi connectivity index (χ0n) is 12.2. The zero-order chi connectivity index (χ0) is 16.0. The number of sulfonamides is 1. The molecule has 0 spiro atoms. The second-order valence-corrected chi connectivity index (χ2v) is 7.19. The Hall–Kier alpha value is -0.540. The van der Waals surface area contributed by atoms with Crippen molar-refractivity contribution in [1.29, 1.82) is 0 Å². The van der Waals surface area contributed by atoms with Gasteiger partial charge in [-0.25, -0.2) is 17.5 Å². The van der Waals surface area contributed by atoms with E-state index >= 15 is 0 Å². The topological polar surface area (TPSA) is 67.4 Å². The van der Waals surface area contributed by atoms with Crippen LogP contribution in [0.1, 0.15) is 18.9 Å². The monoisotopic (exact) mass is 382 g/mol. The number of halogens is 2. The number of ether oxygens (including phenoxy) is 1. The maximum Gasteiger partial charge on any atom is 0.243 e. The molecule has 0 heterocycles. The van der Waals surface area contributed by atoms with Crippen LogP contribution in [0, 0.1) is 5.82 Å². The van der Waals surface area contributed by atoms with Gasteiger partial charge in [0.1, 0.15) is 10.7 Å². The van der Waals surface area contributed by atoms with Crippen LogP contribution < -0.4 is 10.0 Å². The van der Waals surface area contributed by atoms with Crippen molar-refractivity contribution >= 4 is 26.0 Å². The van der Waals surface area contributed by atoms with Crippen molar-refractivity contribution in [3.05, 3.63) is 28.0 Å². The lowest BCUT2D eigenvalue weighted by Crippen LogP contribution is -2.38. The van der Waals surface area contributed by atoms with Gasteiger partial charge in [-0.3, -0.25) is 0 Å². The predicted molar refractivity (Wildman–Crippen MR) is 83.1 cm³/mol. The highest BCUT2D eigenvalue weighted by Gasteiger charge is 2.24. The second kappa shape index (κ2) is 8.19. The van der Waals surface area contributed by atoms with Gasteiger partial charge in [-0.2, -0.15) is 0 Å². The third-order valence-corrected chi connectivity index (χ3v) is 4.90. The fraction of sp³-hybridized carbons (Fsp3) is 0.538. The van der Waals surface area contributed by atoms with E-state index in [1.54, 1.807) is 13.1 Å². The van der Waals surface area contributed by atoms with Crippen molar-refractivity contribution in [2.45, 2.75) is 30.8 Å². The fourth-order valence-corrected chi connectivity index (χ4v) is 3.96. The Morgan fingerprint density at radius 3 is 2.62 bits per heavy atom. The number of rotatable bonds is 8. The molecule has 0 radical (unpaired) electrons. The average Bonchev–Trinajstić information content (AvgIpc) is 2.41. The SMILES string of the molecule is CCC(COC)NS(=O)(=O)c1cc(Br)cc(CNC)c1F. The summed E-state index contributed by atoms with van der Waals surface area (Å²) in [4.78, 5) is -0.364. The fourth-order valence-electron chi connectivity index (χ4n) is 1.85. The molecule has 1 atom stereocenters. The quantitative estimate of drug-likeness (QED) is 0.721. The average molecular weight is 383 g/mol. The molecule has 21 heavy (non-hydrogen) atoms. The molecule has 0 fully saturated rings. The van der Waals surface area contributed by atoms with E-state index in [1.165, 1.54) is 13.2 Å². The molecule has 8 heteroatoms. The molecule has 0 saturated heterocycles. The van der Waals surface area contributed by atoms with E-state index in [0.717, 1.165) is 0 Å². The number of nitrogens with one attached hydrogen (secondary N) is 2. The van der Waals surface area contributed by atoms with Gasteiger partial charge in [0.2, 0.25) is 10.0 Å². The first-order chi connectivity index (χ1) is 9.85. The zero-order valence-corrected chi connectivity index (χ0v) is 14.6. The minimum Gasteiger partial charge on any atom is -0.383 e. The third-order valence-electron chi connectivity index (χ3n) is 2.92. The van der Waals surface area contributed by atoms with Gasteiger partial charge in [-0.05, 0) is 25.6 Å². The van der Waals surface area contributed by atoms with Crippen LogP contribution in [0.15, 0.2) is 21.5 Å². The lowest BCUT2D eigenvalue weighted by Gasteiger charge is -2.17. The van der Waals surface area contributed by atoms with Crippen molar-refractivity contribution in [3.8, 4) is 0 Å². The highest BCUT2D eigenvalue weighted by molar-refractivity contribution is 9.10. The van der Waals surface area contributed by atoms with Gasteiger partial charge in [0.05, 0.1) is 6.61 Å². The Morgan fingerprint density at radius 2 is 2.10 bits per heavy atom. The predicted octanol–water partition coefficient (Wildman–Crippen LogP) is 2.01. The van der Waals surface area contributed by atoms with E-state index in [1.807, 2.05) is 6.92 Å². The molecule has 0 aromatic heterocycles. The van der Waals surface area contributed by atoms with Gasteiger partial charge in [0.25, 0.3) is 0 Å². The van der Waals surface area contributed by atoms with Crippen molar-refractivity contribution in [2.24, 2.45) is 0 Å². The first-order valence-corrected chi connectivity index (χ1v) is 8.77.